The van der Waals surface area contributed by atoms with Gasteiger partial charge < -0.3 is 10.2 Å². The van der Waals surface area contributed by atoms with Gasteiger partial charge in [0.25, 0.3) is 0 Å². The molecule has 0 aromatic carbocycles. The van der Waals surface area contributed by atoms with Crippen LogP contribution in [0.5, 0.6) is 0 Å². The fourth-order valence-electron chi connectivity index (χ4n) is 2.55. The first-order valence-corrected chi connectivity index (χ1v) is 7.54. The predicted octanol–water partition coefficient (Wildman–Crippen LogP) is 2.66. The third-order valence-electron chi connectivity index (χ3n) is 3.69. The number of hydrogen-bond acceptors (Lipinski definition) is 3. The minimum Gasteiger partial charge on any atom is -0.354 e. The van der Waals surface area contributed by atoms with Gasteiger partial charge in [-0.1, -0.05) is 18.9 Å². The molecule has 0 saturated heterocycles. The van der Waals surface area contributed by atoms with Gasteiger partial charge >= 0.3 is 0 Å². The Labute approximate surface area is 113 Å². The highest BCUT2D eigenvalue weighted by atomic mass is 32.1. The van der Waals surface area contributed by atoms with E-state index >= 15 is 0 Å². The van der Waals surface area contributed by atoms with Crippen LogP contribution in [0.25, 0.3) is 0 Å². The molecule has 0 radical (unpaired) electrons. The quantitative estimate of drug-likeness (QED) is 0.888. The van der Waals surface area contributed by atoms with Crippen molar-refractivity contribution in [3.63, 3.8) is 0 Å². The molecule has 18 heavy (non-hydrogen) atoms. The van der Waals surface area contributed by atoms with E-state index in [0.29, 0.717) is 6.54 Å². The Balaban J connectivity index is 1.88. The van der Waals surface area contributed by atoms with Crippen LogP contribution in [-0.2, 0) is 4.79 Å². The van der Waals surface area contributed by atoms with Crippen LogP contribution in [0.4, 0.5) is 0 Å². The van der Waals surface area contributed by atoms with Gasteiger partial charge in [0.2, 0.25) is 5.91 Å². The van der Waals surface area contributed by atoms with E-state index in [0.717, 1.165) is 12.8 Å². The zero-order valence-corrected chi connectivity index (χ0v) is 12.0. The third kappa shape index (κ3) is 3.33. The largest absolute Gasteiger partial charge is 0.354 e. The molecular weight excluding hydrogens is 244 g/mol. The summed E-state index contributed by atoms with van der Waals surface area (Å²) in [5.41, 5.74) is 0. The van der Waals surface area contributed by atoms with Gasteiger partial charge in [-0.3, -0.25) is 4.79 Å². The maximum atomic E-state index is 12.0. The van der Waals surface area contributed by atoms with Crippen molar-refractivity contribution in [2.45, 2.75) is 31.7 Å². The van der Waals surface area contributed by atoms with Crippen LogP contribution in [0.3, 0.4) is 0 Å². The van der Waals surface area contributed by atoms with Gasteiger partial charge in [-0.05, 0) is 38.4 Å². The molecule has 1 N–H and O–H groups in total. The smallest absolute Gasteiger partial charge is 0.223 e. The number of hydrogen-bond donors (Lipinski definition) is 1. The number of nitrogens with one attached hydrogen (secondary N) is 1. The molecule has 0 unspecified atom stereocenters. The number of likely N-dealkylation sites (N-methyl/N-ethyl adjacent to an activating group) is 1. The van der Waals surface area contributed by atoms with Gasteiger partial charge in [-0.15, -0.1) is 11.3 Å². The molecule has 2 rings (SSSR count). The lowest BCUT2D eigenvalue weighted by Gasteiger charge is -2.24. The van der Waals surface area contributed by atoms with Gasteiger partial charge in [-0.25, -0.2) is 0 Å². The Bertz CT molecular complexity index is 369. The molecule has 100 valence electrons. The summed E-state index contributed by atoms with van der Waals surface area (Å²) in [4.78, 5) is 15.5. The first-order valence-electron chi connectivity index (χ1n) is 6.66. The molecule has 1 amide bonds. The van der Waals surface area contributed by atoms with Crippen molar-refractivity contribution in [1.82, 2.24) is 10.2 Å². The van der Waals surface area contributed by atoms with Crippen molar-refractivity contribution in [1.29, 1.82) is 0 Å². The number of nitrogens with zero attached hydrogens (tertiary/aromatic N) is 1. The monoisotopic (exact) mass is 266 g/mol. The molecule has 4 heteroatoms. The van der Waals surface area contributed by atoms with Crippen LogP contribution in [0, 0.1) is 5.92 Å². The zero-order chi connectivity index (χ0) is 13.0. The van der Waals surface area contributed by atoms with Crippen LogP contribution in [0.15, 0.2) is 17.5 Å². The second-order valence-corrected chi connectivity index (χ2v) is 6.20. The molecule has 1 aromatic heterocycles. The van der Waals surface area contributed by atoms with Crippen LogP contribution in [0.1, 0.15) is 36.6 Å². The van der Waals surface area contributed by atoms with E-state index in [1.54, 1.807) is 11.3 Å². The van der Waals surface area contributed by atoms with Crippen LogP contribution >= 0.6 is 11.3 Å². The summed E-state index contributed by atoms with van der Waals surface area (Å²) in [6, 6.07) is 4.49. The summed E-state index contributed by atoms with van der Waals surface area (Å²) < 4.78 is 0. The maximum Gasteiger partial charge on any atom is 0.223 e. The highest BCUT2D eigenvalue weighted by molar-refractivity contribution is 7.10. The average Bonchev–Trinajstić information content (AvgIpc) is 3.01. The second-order valence-electron chi connectivity index (χ2n) is 5.22. The second kappa shape index (κ2) is 6.34. The van der Waals surface area contributed by atoms with E-state index < -0.39 is 0 Å². The number of amides is 1. The molecule has 0 aliphatic heterocycles. The lowest BCUT2D eigenvalue weighted by molar-refractivity contribution is -0.125. The normalized spacial score (nSPS) is 18.2. The van der Waals surface area contributed by atoms with Crippen LogP contribution < -0.4 is 5.32 Å². The fourth-order valence-corrected chi connectivity index (χ4v) is 3.47. The zero-order valence-electron chi connectivity index (χ0n) is 11.2. The standard InChI is InChI=1S/C14H22N2OS/c1-16(2)12(13-8-5-9-18-13)10-15-14(17)11-6-3-4-7-11/h5,8-9,11-12H,3-4,6-7,10H2,1-2H3,(H,15,17)/t12-/m0/s1. The van der Waals surface area contributed by atoms with E-state index in [-0.39, 0.29) is 17.9 Å². The highest BCUT2D eigenvalue weighted by Gasteiger charge is 2.24. The fraction of sp³-hybridized carbons (Fsp3) is 0.643. The van der Waals surface area contributed by atoms with Crippen molar-refractivity contribution in [3.8, 4) is 0 Å². The Hall–Kier alpha value is -0.870. The maximum absolute atomic E-state index is 12.0. The van der Waals surface area contributed by atoms with Crippen molar-refractivity contribution >= 4 is 17.2 Å². The lowest BCUT2D eigenvalue weighted by atomic mass is 10.1. The summed E-state index contributed by atoms with van der Waals surface area (Å²) in [6.07, 6.45) is 4.55. The molecule has 0 bridgehead atoms. The lowest BCUT2D eigenvalue weighted by Crippen LogP contribution is -2.36. The Morgan fingerprint density at radius 1 is 1.50 bits per heavy atom. The first kappa shape index (κ1) is 13.6. The van der Waals surface area contributed by atoms with Gasteiger partial charge in [0.15, 0.2) is 0 Å². The Morgan fingerprint density at radius 3 is 2.78 bits per heavy atom. The minimum absolute atomic E-state index is 0.246. The molecule has 1 aromatic rings. The third-order valence-corrected chi connectivity index (χ3v) is 4.66. The van der Waals surface area contributed by atoms with Crippen LogP contribution in [0.2, 0.25) is 0 Å². The van der Waals surface area contributed by atoms with Crippen molar-refractivity contribution in [2.75, 3.05) is 20.6 Å². The number of rotatable bonds is 5. The molecule has 1 aliphatic rings. The SMILES string of the molecule is CN(C)[C@@H](CNC(=O)C1CCCC1)c1cccs1. The van der Waals surface area contributed by atoms with Crippen molar-refractivity contribution in [2.24, 2.45) is 5.92 Å². The number of carbonyl (C=O) groups excluding carboxylic acids is 1. The summed E-state index contributed by atoms with van der Waals surface area (Å²) in [5, 5.41) is 5.21. The highest BCUT2D eigenvalue weighted by Crippen LogP contribution is 2.26. The number of carbonyl (C=O) groups is 1. The van der Waals surface area contributed by atoms with Crippen LogP contribution in [-0.4, -0.2) is 31.4 Å². The van der Waals surface area contributed by atoms with E-state index in [9.17, 15) is 4.79 Å². The molecule has 1 heterocycles. The first-order chi connectivity index (χ1) is 8.68. The molecule has 0 spiro atoms. The Kier molecular flexibility index (Phi) is 4.78. The molecular formula is C14H22N2OS. The van der Waals surface area contributed by atoms with E-state index in [1.165, 1.54) is 17.7 Å². The van der Waals surface area contributed by atoms with E-state index in [4.69, 9.17) is 0 Å². The minimum atomic E-state index is 0.246. The van der Waals surface area contributed by atoms with E-state index in [2.05, 4.69) is 41.8 Å². The van der Waals surface area contributed by atoms with Gasteiger partial charge in [0.05, 0.1) is 6.04 Å². The average molecular weight is 266 g/mol. The molecule has 1 fully saturated rings. The summed E-state index contributed by atoms with van der Waals surface area (Å²) in [7, 11) is 4.12. The summed E-state index contributed by atoms with van der Waals surface area (Å²) in [6.45, 7) is 0.711. The van der Waals surface area contributed by atoms with Crippen molar-refractivity contribution in [3.05, 3.63) is 22.4 Å². The molecule has 3 nitrogen and oxygen atoms in total. The van der Waals surface area contributed by atoms with E-state index in [1.807, 2.05) is 0 Å². The van der Waals surface area contributed by atoms with Gasteiger partial charge in [-0.2, -0.15) is 0 Å². The molecule has 1 saturated carbocycles. The van der Waals surface area contributed by atoms with Gasteiger partial charge in [0, 0.05) is 17.3 Å². The molecule has 1 atom stereocenters. The van der Waals surface area contributed by atoms with Gasteiger partial charge in [0.1, 0.15) is 0 Å². The van der Waals surface area contributed by atoms with Crippen molar-refractivity contribution < 1.29 is 4.79 Å². The summed E-state index contributed by atoms with van der Waals surface area (Å²) >= 11 is 1.75. The Morgan fingerprint density at radius 2 is 2.22 bits per heavy atom. The summed E-state index contributed by atoms with van der Waals surface area (Å²) in [5.74, 6) is 0.507. The molecule has 1 aliphatic carbocycles. The predicted molar refractivity (Wildman–Crippen MR) is 75.7 cm³/mol. The number of thiophene rings is 1. The topological polar surface area (TPSA) is 32.3 Å².